The maximum Gasteiger partial charge on any atom is 0.573 e. The molecular weight excluding hydrogens is 381 g/mol. The minimum Gasteiger partial charge on any atom is -0.406 e. The number of halogens is 3. The van der Waals surface area contributed by atoms with Crippen molar-refractivity contribution in [1.29, 1.82) is 0 Å². The maximum atomic E-state index is 12.4. The van der Waals surface area contributed by atoms with E-state index < -0.39 is 6.36 Å². The predicted molar refractivity (Wildman–Crippen MR) is 107 cm³/mol. The molecule has 1 unspecified atom stereocenters. The third kappa shape index (κ3) is 6.35. The highest BCUT2D eigenvalue weighted by Crippen LogP contribution is 2.29. The quantitative estimate of drug-likeness (QED) is 0.401. The Bertz CT molecular complexity index is 819. The Kier molecular flexibility index (Phi) is 7.00. The van der Waals surface area contributed by atoms with Crippen molar-refractivity contribution in [2.45, 2.75) is 57.9 Å². The number of hydrogen-bond acceptors (Lipinski definition) is 3. The summed E-state index contributed by atoms with van der Waals surface area (Å²) in [7, 11) is 1.61. The molecule has 1 aliphatic rings. The maximum absolute atomic E-state index is 12.4. The van der Waals surface area contributed by atoms with Gasteiger partial charge in [-0.1, -0.05) is 18.6 Å². The Balaban J connectivity index is 0.00000320. The lowest BCUT2D eigenvalue weighted by Gasteiger charge is -2.12. The Labute approximate surface area is 170 Å². The molecule has 0 bridgehead atoms. The fourth-order valence-corrected chi connectivity index (χ4v) is 3.82. The molecule has 0 saturated heterocycles. The van der Waals surface area contributed by atoms with E-state index in [1.54, 1.807) is 23.9 Å². The average Bonchev–Trinajstić information content (AvgIpc) is 2.94. The second-order valence-electron chi connectivity index (χ2n) is 7.60. The Morgan fingerprint density at radius 2 is 1.97 bits per heavy atom. The minimum atomic E-state index is -4.70. The number of hydrogen-bond donors (Lipinski definition) is 0. The Morgan fingerprint density at radius 3 is 2.66 bits per heavy atom. The zero-order valence-corrected chi connectivity index (χ0v) is 16.7. The Morgan fingerprint density at radius 1 is 1.21 bits per heavy atom. The van der Waals surface area contributed by atoms with Crippen LogP contribution in [0.2, 0.25) is 0 Å². The summed E-state index contributed by atoms with van der Waals surface area (Å²) in [4.78, 5) is 0. The average molecular weight is 410 g/mol. The van der Waals surface area contributed by atoms with Crippen molar-refractivity contribution >= 4 is 0 Å². The van der Waals surface area contributed by atoms with Gasteiger partial charge in [-0.25, -0.2) is 4.68 Å². The molecule has 0 radical (unpaired) electrons. The number of benzene rings is 1. The van der Waals surface area contributed by atoms with Crippen LogP contribution in [0.15, 0.2) is 42.5 Å². The number of alkyl halides is 3. The summed E-state index contributed by atoms with van der Waals surface area (Å²) < 4.78 is 48.0. The van der Waals surface area contributed by atoms with Crippen LogP contribution in [0.1, 0.15) is 51.3 Å². The summed E-state index contributed by atoms with van der Waals surface area (Å²) >= 11 is 0. The molecule has 2 aromatic rings. The van der Waals surface area contributed by atoms with Gasteiger partial charge < -0.3 is 9.47 Å². The van der Waals surface area contributed by atoms with Gasteiger partial charge in [0.1, 0.15) is 5.75 Å². The summed E-state index contributed by atoms with van der Waals surface area (Å²) in [6, 6.07) is 7.72. The molecule has 7 heteroatoms. The molecule has 3 rings (SSSR count). The zero-order valence-electron chi connectivity index (χ0n) is 16.7. The van der Waals surface area contributed by atoms with E-state index in [1.165, 1.54) is 37.0 Å². The van der Waals surface area contributed by atoms with Crippen LogP contribution in [0.3, 0.4) is 0 Å². The molecule has 1 aromatic heterocycles. The normalized spacial score (nSPS) is 17.9. The third-order valence-corrected chi connectivity index (χ3v) is 5.30. The second-order valence-corrected chi connectivity index (χ2v) is 7.60. The largest absolute Gasteiger partial charge is 0.573 e. The van der Waals surface area contributed by atoms with Crippen molar-refractivity contribution in [3.63, 3.8) is 0 Å². The van der Waals surface area contributed by atoms with Crippen LogP contribution in [-0.4, -0.2) is 23.3 Å². The number of allylic oxidation sites excluding steroid dienone is 1. The highest BCUT2D eigenvalue weighted by atomic mass is 19.4. The molecular formula is C22H29F3N2O2. The first kappa shape index (κ1) is 21.4. The molecule has 0 aliphatic heterocycles. The number of nitrogens with zero attached hydrogens (tertiary/aromatic N) is 2. The lowest BCUT2D eigenvalue weighted by Crippen LogP contribution is -2.17. The van der Waals surface area contributed by atoms with Crippen LogP contribution in [-0.2, 0) is 17.8 Å². The summed E-state index contributed by atoms with van der Waals surface area (Å²) in [6.07, 6.45) is 3.12. The van der Waals surface area contributed by atoms with E-state index in [4.69, 9.17) is 4.74 Å². The third-order valence-electron chi connectivity index (χ3n) is 5.30. The molecule has 29 heavy (non-hydrogen) atoms. The number of methoxy groups -OCH3 is 1. The lowest BCUT2D eigenvalue weighted by molar-refractivity contribution is -0.274. The van der Waals surface area contributed by atoms with Gasteiger partial charge in [0.05, 0.1) is 23.7 Å². The fourth-order valence-electron chi connectivity index (χ4n) is 3.82. The van der Waals surface area contributed by atoms with Crippen LogP contribution in [0, 0.1) is 5.92 Å². The van der Waals surface area contributed by atoms with E-state index in [9.17, 15) is 13.2 Å². The molecule has 1 atom stereocenters. The van der Waals surface area contributed by atoms with Gasteiger partial charge in [0, 0.05) is 8.54 Å². The molecule has 0 N–H and O–H groups in total. The molecule has 1 heterocycles. The number of aromatic nitrogens is 2. The van der Waals surface area contributed by atoms with E-state index in [0.29, 0.717) is 18.2 Å². The molecule has 1 aliphatic carbocycles. The Hall–Kier alpha value is -2.28. The van der Waals surface area contributed by atoms with Crippen LogP contribution >= 0.6 is 0 Å². The first-order valence-corrected chi connectivity index (χ1v) is 9.93. The van der Waals surface area contributed by atoms with Gasteiger partial charge >= 0.3 is 6.36 Å². The van der Waals surface area contributed by atoms with Crippen LogP contribution in [0.25, 0.3) is 5.69 Å². The number of ether oxygens (including phenoxy) is 2. The summed E-state index contributed by atoms with van der Waals surface area (Å²) in [5, 5.41) is 4.68. The van der Waals surface area contributed by atoms with Gasteiger partial charge in [-0.05, 0) is 74.8 Å². The standard InChI is InChI=1S/C22H27F3N2O2.H2/c1-16-4-3-5-17(7-6-16)8-9-18-14-20(15-28-2)27(26-18)19-10-12-21(13-11-19)29-22(23,24)25;/h10-14,17H,1,3-9,15H2,2H3;1H. The van der Waals surface area contributed by atoms with Gasteiger partial charge in [0.15, 0.2) is 0 Å². The highest BCUT2D eigenvalue weighted by Gasteiger charge is 2.31. The van der Waals surface area contributed by atoms with E-state index in [1.807, 2.05) is 6.07 Å². The van der Waals surface area contributed by atoms with Crippen molar-refractivity contribution in [3.05, 3.63) is 53.9 Å². The molecule has 0 spiro atoms. The van der Waals surface area contributed by atoms with Gasteiger partial charge in [0.2, 0.25) is 0 Å². The molecule has 1 fully saturated rings. The molecule has 0 amide bonds. The van der Waals surface area contributed by atoms with Crippen LogP contribution in [0.5, 0.6) is 5.75 Å². The van der Waals surface area contributed by atoms with Gasteiger partial charge in [-0.3, -0.25) is 0 Å². The second kappa shape index (κ2) is 9.48. The van der Waals surface area contributed by atoms with E-state index in [0.717, 1.165) is 37.1 Å². The zero-order chi connectivity index (χ0) is 20.9. The van der Waals surface area contributed by atoms with Crippen molar-refractivity contribution < 1.29 is 24.1 Å². The van der Waals surface area contributed by atoms with Crippen molar-refractivity contribution in [2.75, 3.05) is 7.11 Å². The van der Waals surface area contributed by atoms with Gasteiger partial charge in [-0.2, -0.15) is 5.10 Å². The molecule has 1 aromatic carbocycles. The first-order valence-electron chi connectivity index (χ1n) is 9.93. The van der Waals surface area contributed by atoms with E-state index >= 15 is 0 Å². The van der Waals surface area contributed by atoms with Crippen molar-refractivity contribution in [2.24, 2.45) is 5.92 Å². The molecule has 1 saturated carbocycles. The fraction of sp³-hybridized carbons (Fsp3) is 0.500. The SMILES string of the molecule is C=C1CCCC(CCc2cc(COC)n(-c3ccc(OC(F)(F)F)cc3)n2)CC1.[HH]. The van der Waals surface area contributed by atoms with Crippen molar-refractivity contribution in [1.82, 2.24) is 9.78 Å². The predicted octanol–water partition coefficient (Wildman–Crippen LogP) is 6.23. The number of aryl methyl sites for hydroxylation is 1. The smallest absolute Gasteiger partial charge is 0.406 e. The van der Waals surface area contributed by atoms with Gasteiger partial charge in [-0.15, -0.1) is 13.2 Å². The number of rotatable bonds is 7. The lowest BCUT2D eigenvalue weighted by atomic mass is 9.94. The topological polar surface area (TPSA) is 36.3 Å². The summed E-state index contributed by atoms with van der Waals surface area (Å²) in [5.41, 5.74) is 3.86. The minimum absolute atomic E-state index is 0. The summed E-state index contributed by atoms with van der Waals surface area (Å²) in [5.74, 6) is 0.431. The van der Waals surface area contributed by atoms with Crippen molar-refractivity contribution in [3.8, 4) is 11.4 Å². The molecule has 4 nitrogen and oxygen atoms in total. The van der Waals surface area contributed by atoms with Gasteiger partial charge in [0.25, 0.3) is 0 Å². The van der Waals surface area contributed by atoms with E-state index in [2.05, 4.69) is 16.4 Å². The van der Waals surface area contributed by atoms with E-state index in [-0.39, 0.29) is 7.18 Å². The van der Waals surface area contributed by atoms with Crippen LogP contribution < -0.4 is 4.74 Å². The first-order chi connectivity index (χ1) is 13.8. The monoisotopic (exact) mass is 410 g/mol. The summed E-state index contributed by atoms with van der Waals surface area (Å²) in [6.45, 7) is 4.49. The highest BCUT2D eigenvalue weighted by molar-refractivity contribution is 5.38. The van der Waals surface area contributed by atoms with Crippen LogP contribution in [0.4, 0.5) is 13.2 Å². The molecule has 160 valence electrons.